The first-order chi connectivity index (χ1) is 6.58. The highest BCUT2D eigenvalue weighted by Gasteiger charge is 2.23. The molecule has 1 aliphatic heterocycles. The lowest BCUT2D eigenvalue weighted by atomic mass is 10.1. The predicted octanol–water partition coefficient (Wildman–Crippen LogP) is 0.126. The molecule has 0 spiro atoms. The van der Waals surface area contributed by atoms with Crippen molar-refractivity contribution < 1.29 is 14.3 Å². The lowest BCUT2D eigenvalue weighted by molar-refractivity contribution is -0.141. The maximum absolute atomic E-state index is 10.7. The van der Waals surface area contributed by atoms with Gasteiger partial charge in [-0.2, -0.15) is 5.10 Å². The Morgan fingerprint density at radius 2 is 2.50 bits per heavy atom. The molecule has 0 saturated carbocycles. The van der Waals surface area contributed by atoms with Crippen LogP contribution in [0, 0.1) is 0 Å². The molecule has 0 aliphatic carbocycles. The molecule has 1 saturated heterocycles. The van der Waals surface area contributed by atoms with E-state index in [0.717, 1.165) is 0 Å². The van der Waals surface area contributed by atoms with Crippen LogP contribution in [0.5, 0.6) is 0 Å². The molecule has 0 bridgehead atoms. The average Bonchev–Trinajstić information content (AvgIpc) is 2.48. The average molecular weight is 199 g/mol. The molecular weight excluding hydrogens is 186 g/mol. The van der Waals surface area contributed by atoms with Crippen molar-refractivity contribution in [1.82, 2.24) is 5.43 Å². The van der Waals surface area contributed by atoms with Gasteiger partial charge in [-0.15, -0.1) is 0 Å². The van der Waals surface area contributed by atoms with Gasteiger partial charge in [0, 0.05) is 18.6 Å². The number of hydrazone groups is 1. The zero-order chi connectivity index (χ0) is 10.6. The van der Waals surface area contributed by atoms with E-state index in [1.165, 1.54) is 0 Å². The van der Waals surface area contributed by atoms with Crippen LogP contribution < -0.4 is 11.2 Å². The number of esters is 1. The van der Waals surface area contributed by atoms with Crippen molar-refractivity contribution in [3.8, 4) is 0 Å². The van der Waals surface area contributed by atoms with Crippen LogP contribution in [-0.4, -0.2) is 23.8 Å². The Bertz CT molecular complexity index is 275. The maximum Gasteiger partial charge on any atom is 0.332 e. The van der Waals surface area contributed by atoms with E-state index in [4.69, 9.17) is 10.5 Å². The van der Waals surface area contributed by atoms with Crippen LogP contribution in [0.15, 0.2) is 5.10 Å². The van der Waals surface area contributed by atoms with Crippen LogP contribution in [0.3, 0.4) is 0 Å². The summed E-state index contributed by atoms with van der Waals surface area (Å²) in [4.78, 5) is 21.1. The smallest absolute Gasteiger partial charge is 0.332 e. The predicted molar refractivity (Wildman–Crippen MR) is 49.6 cm³/mol. The van der Waals surface area contributed by atoms with Gasteiger partial charge in [-0.25, -0.2) is 10.2 Å². The summed E-state index contributed by atoms with van der Waals surface area (Å²) in [6.07, 6.45) is 1.59. The molecule has 2 amide bonds. The Kier molecular flexibility index (Phi) is 3.44. The molecule has 14 heavy (non-hydrogen) atoms. The van der Waals surface area contributed by atoms with Crippen LogP contribution in [0.1, 0.15) is 26.2 Å². The summed E-state index contributed by atoms with van der Waals surface area (Å²) >= 11 is 0. The number of cyclic esters (lactones) is 1. The number of carbonyl (C=O) groups excluding carboxylic acids is 2. The number of carbonyl (C=O) groups is 2. The van der Waals surface area contributed by atoms with Crippen molar-refractivity contribution in [1.29, 1.82) is 0 Å². The summed E-state index contributed by atoms with van der Waals surface area (Å²) in [6, 6.07) is -0.701. The minimum atomic E-state index is -0.701. The molecule has 0 aromatic rings. The monoisotopic (exact) mass is 199 g/mol. The quantitative estimate of drug-likeness (QED) is 0.384. The Labute approximate surface area is 81.5 Å². The highest BCUT2D eigenvalue weighted by atomic mass is 16.5. The molecular formula is C8H13N3O3. The number of urea groups is 1. The van der Waals surface area contributed by atoms with Gasteiger partial charge in [0.1, 0.15) is 6.10 Å². The van der Waals surface area contributed by atoms with Crippen molar-refractivity contribution in [2.45, 2.75) is 32.3 Å². The lowest BCUT2D eigenvalue weighted by Crippen LogP contribution is -2.26. The zero-order valence-electron chi connectivity index (χ0n) is 7.95. The zero-order valence-corrected chi connectivity index (χ0v) is 7.95. The second-order valence-corrected chi connectivity index (χ2v) is 3.18. The third-order valence-electron chi connectivity index (χ3n) is 1.85. The molecule has 1 unspecified atom stereocenters. The van der Waals surface area contributed by atoms with Crippen molar-refractivity contribution >= 4 is 17.7 Å². The van der Waals surface area contributed by atoms with Crippen LogP contribution in [-0.2, 0) is 9.53 Å². The van der Waals surface area contributed by atoms with Crippen LogP contribution in [0.25, 0.3) is 0 Å². The SMILES string of the molecule is C/C(CC1CCC(=O)O1)=N\NC(N)=O. The van der Waals surface area contributed by atoms with Gasteiger partial charge >= 0.3 is 12.0 Å². The topological polar surface area (TPSA) is 93.8 Å². The third kappa shape index (κ3) is 3.42. The first kappa shape index (κ1) is 10.5. The number of amides is 2. The van der Waals surface area contributed by atoms with E-state index in [1.807, 2.05) is 0 Å². The van der Waals surface area contributed by atoms with E-state index in [0.29, 0.717) is 25.0 Å². The van der Waals surface area contributed by atoms with E-state index in [1.54, 1.807) is 6.92 Å². The Hall–Kier alpha value is -1.59. The molecule has 3 N–H and O–H groups in total. The molecule has 1 aliphatic rings. The third-order valence-corrected chi connectivity index (χ3v) is 1.85. The van der Waals surface area contributed by atoms with Crippen LogP contribution in [0.2, 0.25) is 0 Å². The van der Waals surface area contributed by atoms with Gasteiger partial charge in [0.2, 0.25) is 0 Å². The normalized spacial score (nSPS) is 21.9. The minimum absolute atomic E-state index is 0.110. The number of nitrogens with zero attached hydrogens (tertiary/aromatic N) is 1. The van der Waals surface area contributed by atoms with E-state index < -0.39 is 6.03 Å². The van der Waals surface area contributed by atoms with Gasteiger partial charge in [-0.3, -0.25) is 4.79 Å². The van der Waals surface area contributed by atoms with Crippen molar-refractivity contribution in [2.24, 2.45) is 10.8 Å². The first-order valence-corrected chi connectivity index (χ1v) is 4.36. The summed E-state index contributed by atoms with van der Waals surface area (Å²) in [7, 11) is 0. The van der Waals surface area contributed by atoms with Crippen molar-refractivity contribution in [3.05, 3.63) is 0 Å². The highest BCUT2D eigenvalue weighted by molar-refractivity contribution is 5.84. The number of hydrogen-bond donors (Lipinski definition) is 2. The van der Waals surface area contributed by atoms with Crippen molar-refractivity contribution in [3.63, 3.8) is 0 Å². The van der Waals surface area contributed by atoms with Gasteiger partial charge in [-0.1, -0.05) is 0 Å². The Morgan fingerprint density at radius 1 is 1.79 bits per heavy atom. The second kappa shape index (κ2) is 4.59. The summed E-state index contributed by atoms with van der Waals surface area (Å²) in [5.41, 5.74) is 7.63. The molecule has 1 atom stereocenters. The summed E-state index contributed by atoms with van der Waals surface area (Å²) in [5, 5.41) is 3.71. The van der Waals surface area contributed by atoms with Gasteiger partial charge < -0.3 is 10.5 Å². The fourth-order valence-corrected chi connectivity index (χ4v) is 1.25. The van der Waals surface area contributed by atoms with Gasteiger partial charge in [0.15, 0.2) is 0 Å². The number of nitrogens with one attached hydrogen (secondary N) is 1. The maximum atomic E-state index is 10.7. The molecule has 1 fully saturated rings. The largest absolute Gasteiger partial charge is 0.462 e. The molecule has 1 rings (SSSR count). The van der Waals surface area contributed by atoms with Gasteiger partial charge in [0.05, 0.1) is 0 Å². The van der Waals surface area contributed by atoms with E-state index >= 15 is 0 Å². The Balaban J connectivity index is 2.33. The second-order valence-electron chi connectivity index (χ2n) is 3.18. The molecule has 0 aromatic heterocycles. The molecule has 1 heterocycles. The Morgan fingerprint density at radius 3 is 3.00 bits per heavy atom. The van der Waals surface area contributed by atoms with Crippen LogP contribution >= 0.6 is 0 Å². The van der Waals surface area contributed by atoms with Gasteiger partial charge in [-0.05, 0) is 13.3 Å². The minimum Gasteiger partial charge on any atom is -0.462 e. The molecule has 6 nitrogen and oxygen atoms in total. The fourth-order valence-electron chi connectivity index (χ4n) is 1.25. The summed E-state index contributed by atoms with van der Waals surface area (Å²) in [6.45, 7) is 1.74. The summed E-state index contributed by atoms with van der Waals surface area (Å²) < 4.78 is 4.98. The fraction of sp³-hybridized carbons (Fsp3) is 0.625. The summed E-state index contributed by atoms with van der Waals surface area (Å²) in [5.74, 6) is -0.175. The van der Waals surface area contributed by atoms with Crippen LogP contribution in [0.4, 0.5) is 4.79 Å². The number of nitrogens with two attached hydrogens (primary N) is 1. The highest BCUT2D eigenvalue weighted by Crippen LogP contribution is 2.16. The molecule has 6 heteroatoms. The van der Waals surface area contributed by atoms with E-state index in [-0.39, 0.29) is 12.1 Å². The number of ether oxygens (including phenoxy) is 1. The number of primary amides is 1. The van der Waals surface area contributed by atoms with Crippen molar-refractivity contribution in [2.75, 3.05) is 0 Å². The lowest BCUT2D eigenvalue weighted by Gasteiger charge is -2.07. The van der Waals surface area contributed by atoms with Gasteiger partial charge in [0.25, 0.3) is 0 Å². The molecule has 0 radical (unpaired) electrons. The molecule has 0 aromatic carbocycles. The number of rotatable bonds is 3. The first-order valence-electron chi connectivity index (χ1n) is 4.36. The van der Waals surface area contributed by atoms with E-state index in [2.05, 4.69) is 10.5 Å². The van der Waals surface area contributed by atoms with E-state index in [9.17, 15) is 9.59 Å². The number of hydrogen-bond acceptors (Lipinski definition) is 4. The standard InChI is InChI=1S/C8H13N3O3/c1-5(10-11-8(9)13)4-6-2-3-7(12)14-6/h6H,2-4H2,1H3,(H3,9,11,13)/b10-5+. The molecule has 78 valence electrons.